The van der Waals surface area contributed by atoms with E-state index in [1.165, 1.54) is 5.69 Å². The summed E-state index contributed by atoms with van der Waals surface area (Å²) in [5.41, 5.74) is 3.22. The van der Waals surface area contributed by atoms with Crippen LogP contribution in [0.5, 0.6) is 17.2 Å². The van der Waals surface area contributed by atoms with E-state index in [4.69, 9.17) is 14.2 Å². The first-order chi connectivity index (χ1) is 20.2. The summed E-state index contributed by atoms with van der Waals surface area (Å²) in [4.78, 5) is 19.2. The van der Waals surface area contributed by atoms with E-state index in [-0.39, 0.29) is 16.5 Å². The van der Waals surface area contributed by atoms with Crippen LogP contribution in [0.1, 0.15) is 24.1 Å². The molecule has 2 aromatic carbocycles. The van der Waals surface area contributed by atoms with E-state index in [0.717, 1.165) is 65.3 Å². The number of rotatable bonds is 11. The number of pyridine rings is 2. The van der Waals surface area contributed by atoms with Gasteiger partial charge in [-0.15, -0.1) is 0 Å². The molecule has 220 valence electrons. The Kier molecular flexibility index (Phi) is 7.22. The molecule has 2 aliphatic heterocycles. The van der Waals surface area contributed by atoms with Crippen molar-refractivity contribution in [1.29, 1.82) is 0 Å². The van der Waals surface area contributed by atoms with Gasteiger partial charge in [0.25, 0.3) is 5.56 Å². The molecule has 4 aromatic rings. The molecular weight excluding hydrogens is 530 g/mol. The molecule has 3 fully saturated rings. The zero-order chi connectivity index (χ0) is 29.5. The Labute approximate surface area is 246 Å². The molecule has 9 heteroatoms. The average Bonchev–Trinajstić information content (AvgIpc) is 3.52. The normalized spacial score (nSPS) is 20.7. The van der Waals surface area contributed by atoms with Gasteiger partial charge in [-0.2, -0.15) is 0 Å². The summed E-state index contributed by atoms with van der Waals surface area (Å²) >= 11 is 0. The second kappa shape index (κ2) is 10.9. The average molecular weight is 570 g/mol. The van der Waals surface area contributed by atoms with Gasteiger partial charge in [0.2, 0.25) is 0 Å². The van der Waals surface area contributed by atoms with E-state index in [0.29, 0.717) is 18.9 Å². The Bertz CT molecular complexity index is 1680. The zero-order valence-electron chi connectivity index (χ0n) is 25.0. The van der Waals surface area contributed by atoms with E-state index >= 15 is 0 Å². The second-order valence-electron chi connectivity index (χ2n) is 11.9. The van der Waals surface area contributed by atoms with Gasteiger partial charge in [0.05, 0.1) is 20.8 Å². The lowest BCUT2D eigenvalue weighted by molar-refractivity contribution is 0.0574. The molecule has 4 heterocycles. The van der Waals surface area contributed by atoms with Crippen molar-refractivity contribution in [2.75, 3.05) is 51.2 Å². The number of ether oxygens (including phenoxy) is 3. The van der Waals surface area contributed by atoms with Crippen LogP contribution in [0.3, 0.4) is 0 Å². The first kappa shape index (κ1) is 27.9. The zero-order valence-corrected chi connectivity index (χ0v) is 25.0. The molecule has 2 bridgehead atoms. The highest BCUT2D eigenvalue weighted by atomic mass is 16.5. The van der Waals surface area contributed by atoms with Gasteiger partial charge >= 0.3 is 0 Å². The van der Waals surface area contributed by atoms with Gasteiger partial charge in [-0.25, -0.2) is 4.98 Å². The first-order valence-electron chi connectivity index (χ1n) is 14.3. The summed E-state index contributed by atoms with van der Waals surface area (Å²) in [7, 11) is 7.26. The number of aryl methyl sites for hydroxylation is 1. The standard InChI is InChI=1S/C33H39N5O4/c1-22-13-25(15-30(39)38(22)3)42-21-32-17-33(18-32,36-19-32)20-37(2)28-8-6-7-27-26(28)11-12-34-31(27)35-16-23-9-10-24(40-4)14-29(23)41-5/h6-15,36H,16-21H2,1-5H3,(H,34,35). The maximum absolute atomic E-state index is 12.2. The molecular formula is C33H39N5O4. The SMILES string of the molecule is COc1ccc(CNc2nccc3c(N(C)CC45CC(COc6cc(C)n(C)c(=O)c6)(CN4)C5)cccc23)c(OC)c1. The van der Waals surface area contributed by atoms with Crippen molar-refractivity contribution in [3.05, 3.63) is 82.4 Å². The minimum atomic E-state index is -0.0410. The van der Waals surface area contributed by atoms with E-state index < -0.39 is 0 Å². The molecule has 42 heavy (non-hydrogen) atoms. The molecule has 0 amide bonds. The van der Waals surface area contributed by atoms with E-state index in [9.17, 15) is 4.79 Å². The summed E-state index contributed by atoms with van der Waals surface area (Å²) < 4.78 is 18.7. The molecule has 1 aliphatic carbocycles. The first-order valence-corrected chi connectivity index (χ1v) is 14.3. The second-order valence-corrected chi connectivity index (χ2v) is 11.9. The summed E-state index contributed by atoms with van der Waals surface area (Å²) in [6.07, 6.45) is 3.97. The highest BCUT2D eigenvalue weighted by Crippen LogP contribution is 2.54. The third-order valence-electron chi connectivity index (χ3n) is 8.96. The lowest BCUT2D eigenvalue weighted by atomic mass is 9.62. The fourth-order valence-corrected chi connectivity index (χ4v) is 6.77. The van der Waals surface area contributed by atoms with Crippen molar-refractivity contribution in [3.63, 3.8) is 0 Å². The van der Waals surface area contributed by atoms with Crippen molar-refractivity contribution in [1.82, 2.24) is 14.9 Å². The van der Waals surface area contributed by atoms with Crippen LogP contribution >= 0.6 is 0 Å². The Morgan fingerprint density at radius 1 is 1.05 bits per heavy atom. The van der Waals surface area contributed by atoms with Crippen LogP contribution < -0.4 is 35.3 Å². The number of aromatic nitrogens is 2. The summed E-state index contributed by atoms with van der Waals surface area (Å²) in [5, 5.41) is 9.55. The number of hydrogen-bond acceptors (Lipinski definition) is 8. The highest BCUT2D eigenvalue weighted by molar-refractivity contribution is 6.00. The predicted octanol–water partition coefficient (Wildman–Crippen LogP) is 4.51. The Balaban J connectivity index is 1.13. The van der Waals surface area contributed by atoms with Gasteiger partial charge in [-0.3, -0.25) is 4.79 Å². The van der Waals surface area contributed by atoms with Gasteiger partial charge in [-0.05, 0) is 50.1 Å². The molecule has 1 saturated carbocycles. The molecule has 0 unspecified atom stereocenters. The lowest BCUT2D eigenvalue weighted by Crippen LogP contribution is -2.56. The fraction of sp³-hybridized carbons (Fsp3) is 0.394. The number of benzene rings is 2. The molecule has 2 N–H and O–H groups in total. The maximum Gasteiger partial charge on any atom is 0.254 e. The van der Waals surface area contributed by atoms with Crippen LogP contribution in [0.15, 0.2) is 65.6 Å². The number of anilines is 2. The van der Waals surface area contributed by atoms with Crippen LogP contribution in [-0.4, -0.2) is 56.1 Å². The predicted molar refractivity (Wildman–Crippen MR) is 166 cm³/mol. The van der Waals surface area contributed by atoms with Crippen molar-refractivity contribution in [3.8, 4) is 17.2 Å². The maximum atomic E-state index is 12.2. The van der Waals surface area contributed by atoms with Crippen molar-refractivity contribution in [2.24, 2.45) is 12.5 Å². The largest absolute Gasteiger partial charge is 0.497 e. The number of methoxy groups -OCH3 is 2. The summed E-state index contributed by atoms with van der Waals surface area (Å²) in [5.74, 6) is 3.03. The van der Waals surface area contributed by atoms with Crippen LogP contribution in [0.2, 0.25) is 0 Å². The third kappa shape index (κ3) is 5.13. The van der Waals surface area contributed by atoms with Gasteiger partial charge in [0, 0.05) is 90.7 Å². The van der Waals surface area contributed by atoms with Gasteiger partial charge in [0.1, 0.15) is 23.1 Å². The number of nitrogens with zero attached hydrogens (tertiary/aromatic N) is 3. The Morgan fingerprint density at radius 3 is 2.64 bits per heavy atom. The van der Waals surface area contributed by atoms with Crippen LogP contribution in [-0.2, 0) is 13.6 Å². The van der Waals surface area contributed by atoms with Crippen LogP contribution in [0.25, 0.3) is 10.8 Å². The van der Waals surface area contributed by atoms with Crippen LogP contribution in [0, 0.1) is 12.3 Å². The summed E-state index contributed by atoms with van der Waals surface area (Å²) in [6, 6.07) is 17.8. The molecule has 0 radical (unpaired) electrons. The molecule has 7 rings (SSSR count). The molecule has 2 saturated heterocycles. The molecule has 0 spiro atoms. The highest BCUT2D eigenvalue weighted by Gasteiger charge is 2.61. The van der Waals surface area contributed by atoms with Crippen molar-refractivity contribution in [2.45, 2.75) is 31.8 Å². The van der Waals surface area contributed by atoms with E-state index in [1.54, 1.807) is 31.9 Å². The van der Waals surface area contributed by atoms with E-state index in [1.807, 2.05) is 37.4 Å². The molecule has 9 nitrogen and oxygen atoms in total. The van der Waals surface area contributed by atoms with Crippen molar-refractivity contribution < 1.29 is 14.2 Å². The van der Waals surface area contributed by atoms with E-state index in [2.05, 4.69) is 51.8 Å². The fourth-order valence-electron chi connectivity index (χ4n) is 6.77. The molecule has 0 atom stereocenters. The quantitative estimate of drug-likeness (QED) is 0.273. The Hall–Kier alpha value is -4.24. The third-order valence-corrected chi connectivity index (χ3v) is 8.96. The van der Waals surface area contributed by atoms with Crippen molar-refractivity contribution >= 4 is 22.3 Å². The van der Waals surface area contributed by atoms with Crippen LogP contribution in [0.4, 0.5) is 11.5 Å². The minimum Gasteiger partial charge on any atom is -0.497 e. The number of likely N-dealkylation sites (N-methyl/N-ethyl adjacent to an activating group) is 1. The van der Waals surface area contributed by atoms with Gasteiger partial charge < -0.3 is 34.3 Å². The van der Waals surface area contributed by atoms with Gasteiger partial charge in [-0.1, -0.05) is 12.1 Å². The molecule has 2 aromatic heterocycles. The Morgan fingerprint density at radius 2 is 1.88 bits per heavy atom. The minimum absolute atomic E-state index is 0.0410. The summed E-state index contributed by atoms with van der Waals surface area (Å²) in [6.45, 7) is 4.94. The monoisotopic (exact) mass is 569 g/mol. The number of hydrogen-bond donors (Lipinski definition) is 2. The lowest BCUT2D eigenvalue weighted by Gasteiger charge is -2.47. The number of nitrogens with one attached hydrogen (secondary N) is 2. The van der Waals surface area contributed by atoms with Gasteiger partial charge in [0.15, 0.2) is 0 Å². The smallest absolute Gasteiger partial charge is 0.254 e. The topological polar surface area (TPSA) is 89.9 Å². The number of fused-ring (bicyclic) bond motifs is 2. The molecule has 3 aliphatic rings.